The largest absolute Gasteiger partial charge is 0.359 e. The number of carbonyl (C=O) groups excluding carboxylic acids is 1. The summed E-state index contributed by atoms with van der Waals surface area (Å²) in [5.41, 5.74) is 4.32. The summed E-state index contributed by atoms with van der Waals surface area (Å²) in [7, 11) is 0. The van der Waals surface area contributed by atoms with E-state index >= 15 is 0 Å². The lowest BCUT2D eigenvalue weighted by Crippen LogP contribution is -2.19. The Labute approximate surface area is 138 Å². The van der Waals surface area contributed by atoms with E-state index in [4.69, 9.17) is 23.2 Å². The summed E-state index contributed by atoms with van der Waals surface area (Å²) in [5.74, 6) is 0. The van der Waals surface area contributed by atoms with Crippen LogP contribution in [0.3, 0.4) is 0 Å². The van der Waals surface area contributed by atoms with E-state index in [1.165, 1.54) is 0 Å². The molecule has 2 aromatic rings. The minimum absolute atomic E-state index is 0.358. The highest BCUT2D eigenvalue weighted by Crippen LogP contribution is 2.29. The molecule has 6 heteroatoms. The van der Waals surface area contributed by atoms with Crippen LogP contribution in [0.5, 0.6) is 0 Å². The Kier molecular flexibility index (Phi) is 3.96. The van der Waals surface area contributed by atoms with E-state index in [1.54, 1.807) is 18.2 Å². The summed E-state index contributed by atoms with van der Waals surface area (Å²) >= 11 is 11.8. The summed E-state index contributed by atoms with van der Waals surface area (Å²) in [4.78, 5) is 12.0. The molecule has 0 spiro atoms. The number of benzene rings is 2. The standard InChI is InChI=1S/C16H13Cl2N3O/c1-9-4-10-5-13(2-3-15(10)19-9)20-16(22)21-14-7-11(17)6-12(18)8-14/h2-3,5-8,19H,1,4H2,(H2,20,21,22). The third-order valence-corrected chi connectivity index (χ3v) is 3.64. The number of rotatable bonds is 2. The maximum Gasteiger partial charge on any atom is 0.323 e. The van der Waals surface area contributed by atoms with Crippen LogP contribution in [0.1, 0.15) is 5.56 Å². The fourth-order valence-corrected chi connectivity index (χ4v) is 2.85. The third kappa shape index (κ3) is 3.35. The summed E-state index contributed by atoms with van der Waals surface area (Å²) < 4.78 is 0. The van der Waals surface area contributed by atoms with Crippen molar-refractivity contribution in [2.75, 3.05) is 16.0 Å². The molecule has 1 aliphatic heterocycles. The maximum absolute atomic E-state index is 12.0. The molecule has 0 aromatic heterocycles. The minimum Gasteiger partial charge on any atom is -0.359 e. The summed E-state index contributed by atoms with van der Waals surface area (Å²) in [6.07, 6.45) is 0.760. The van der Waals surface area contributed by atoms with E-state index in [2.05, 4.69) is 22.5 Å². The van der Waals surface area contributed by atoms with Crippen LogP contribution in [0.2, 0.25) is 10.0 Å². The van der Waals surface area contributed by atoms with Crippen molar-refractivity contribution in [1.82, 2.24) is 0 Å². The number of halogens is 2. The second-order valence-corrected chi connectivity index (χ2v) is 5.89. The lowest BCUT2D eigenvalue weighted by molar-refractivity contribution is 0.262. The van der Waals surface area contributed by atoms with E-state index in [0.717, 1.165) is 23.4 Å². The van der Waals surface area contributed by atoms with E-state index in [1.807, 2.05) is 18.2 Å². The van der Waals surface area contributed by atoms with Gasteiger partial charge in [0.05, 0.1) is 0 Å². The van der Waals surface area contributed by atoms with Crippen molar-refractivity contribution < 1.29 is 4.79 Å². The first-order chi connectivity index (χ1) is 10.5. The second kappa shape index (κ2) is 5.91. The zero-order valence-corrected chi connectivity index (χ0v) is 13.1. The normalized spacial score (nSPS) is 12.5. The van der Waals surface area contributed by atoms with Gasteiger partial charge >= 0.3 is 6.03 Å². The molecule has 1 heterocycles. The van der Waals surface area contributed by atoms with Gasteiger partial charge in [-0.05, 0) is 42.0 Å². The van der Waals surface area contributed by atoms with E-state index < -0.39 is 0 Å². The second-order valence-electron chi connectivity index (χ2n) is 5.01. The number of nitrogens with one attached hydrogen (secondary N) is 3. The zero-order valence-electron chi connectivity index (χ0n) is 11.5. The molecular formula is C16H13Cl2N3O. The van der Waals surface area contributed by atoms with Gasteiger partial charge in [0.1, 0.15) is 0 Å². The number of allylic oxidation sites excluding steroid dienone is 1. The van der Waals surface area contributed by atoms with Crippen LogP contribution in [0.15, 0.2) is 48.7 Å². The minimum atomic E-state index is -0.358. The quantitative estimate of drug-likeness (QED) is 0.714. The predicted molar refractivity (Wildman–Crippen MR) is 92.0 cm³/mol. The van der Waals surface area contributed by atoms with Gasteiger partial charge in [0.15, 0.2) is 0 Å². The molecule has 0 atom stereocenters. The topological polar surface area (TPSA) is 53.2 Å². The molecule has 2 aromatic carbocycles. The Morgan fingerprint density at radius 1 is 1.05 bits per heavy atom. The van der Waals surface area contributed by atoms with Gasteiger partial charge in [0.25, 0.3) is 0 Å². The SMILES string of the molecule is C=C1Cc2cc(NC(=O)Nc3cc(Cl)cc(Cl)c3)ccc2N1. The monoisotopic (exact) mass is 333 g/mol. The molecule has 0 unspecified atom stereocenters. The van der Waals surface area contributed by atoms with Gasteiger partial charge in [-0.2, -0.15) is 0 Å². The molecule has 0 radical (unpaired) electrons. The van der Waals surface area contributed by atoms with Crippen molar-refractivity contribution in [2.45, 2.75) is 6.42 Å². The summed E-state index contributed by atoms with van der Waals surface area (Å²) in [6, 6.07) is 10.2. The zero-order chi connectivity index (χ0) is 15.7. The Hall–Kier alpha value is -2.17. The van der Waals surface area contributed by atoms with Crippen LogP contribution in [0, 0.1) is 0 Å². The van der Waals surface area contributed by atoms with E-state index in [9.17, 15) is 4.79 Å². The Bertz CT molecular complexity index is 754. The summed E-state index contributed by atoms with van der Waals surface area (Å²) in [5, 5.41) is 9.58. The molecule has 2 amide bonds. The molecule has 22 heavy (non-hydrogen) atoms. The van der Waals surface area contributed by atoms with Crippen LogP contribution < -0.4 is 16.0 Å². The lowest BCUT2D eigenvalue weighted by atomic mass is 10.1. The molecule has 0 saturated heterocycles. The average molecular weight is 334 g/mol. The van der Waals surface area contributed by atoms with Gasteiger partial charge in [-0.3, -0.25) is 0 Å². The summed E-state index contributed by atoms with van der Waals surface area (Å²) in [6.45, 7) is 3.90. The fraction of sp³-hybridized carbons (Fsp3) is 0.0625. The van der Waals surface area contributed by atoms with Crippen LogP contribution in [0.4, 0.5) is 21.9 Å². The number of fused-ring (bicyclic) bond motifs is 1. The number of hydrogen-bond acceptors (Lipinski definition) is 2. The number of anilines is 3. The molecular weight excluding hydrogens is 321 g/mol. The van der Waals surface area contributed by atoms with Gasteiger partial charge in [-0.15, -0.1) is 0 Å². The number of hydrogen-bond donors (Lipinski definition) is 3. The van der Waals surface area contributed by atoms with Crippen LogP contribution >= 0.6 is 23.2 Å². The van der Waals surface area contributed by atoms with Gasteiger partial charge in [0.2, 0.25) is 0 Å². The highest BCUT2D eigenvalue weighted by molar-refractivity contribution is 6.35. The van der Waals surface area contributed by atoms with Crippen LogP contribution in [0.25, 0.3) is 0 Å². The van der Waals surface area contributed by atoms with Crippen molar-refractivity contribution in [3.8, 4) is 0 Å². The molecule has 4 nitrogen and oxygen atoms in total. The van der Waals surface area contributed by atoms with Gasteiger partial charge in [0, 0.05) is 39.2 Å². The Morgan fingerprint density at radius 2 is 1.73 bits per heavy atom. The molecule has 0 bridgehead atoms. The van der Waals surface area contributed by atoms with Gasteiger partial charge < -0.3 is 16.0 Å². The van der Waals surface area contributed by atoms with Crippen molar-refractivity contribution in [3.05, 3.63) is 64.3 Å². The van der Waals surface area contributed by atoms with Crippen molar-refractivity contribution >= 4 is 46.3 Å². The molecule has 3 N–H and O–H groups in total. The Balaban J connectivity index is 1.69. The third-order valence-electron chi connectivity index (χ3n) is 3.20. The average Bonchev–Trinajstić information content (AvgIpc) is 2.76. The van der Waals surface area contributed by atoms with E-state index in [0.29, 0.717) is 21.4 Å². The smallest absolute Gasteiger partial charge is 0.323 e. The van der Waals surface area contributed by atoms with Crippen molar-refractivity contribution in [1.29, 1.82) is 0 Å². The molecule has 0 fully saturated rings. The number of carbonyl (C=O) groups is 1. The molecule has 3 rings (SSSR count). The lowest BCUT2D eigenvalue weighted by Gasteiger charge is -2.09. The van der Waals surface area contributed by atoms with Crippen molar-refractivity contribution in [3.63, 3.8) is 0 Å². The van der Waals surface area contributed by atoms with Gasteiger partial charge in [-0.1, -0.05) is 29.8 Å². The molecule has 1 aliphatic rings. The highest BCUT2D eigenvalue weighted by atomic mass is 35.5. The molecule has 0 aliphatic carbocycles. The van der Waals surface area contributed by atoms with Crippen LogP contribution in [-0.4, -0.2) is 6.03 Å². The first kappa shape index (κ1) is 14.8. The molecule has 112 valence electrons. The maximum atomic E-state index is 12.0. The fourth-order valence-electron chi connectivity index (χ4n) is 2.32. The van der Waals surface area contributed by atoms with Crippen LogP contribution in [-0.2, 0) is 6.42 Å². The van der Waals surface area contributed by atoms with Crippen molar-refractivity contribution in [2.24, 2.45) is 0 Å². The highest BCUT2D eigenvalue weighted by Gasteiger charge is 2.14. The number of urea groups is 1. The first-order valence-electron chi connectivity index (χ1n) is 6.61. The van der Waals surface area contributed by atoms with E-state index in [-0.39, 0.29) is 6.03 Å². The first-order valence-corrected chi connectivity index (χ1v) is 7.37. The van der Waals surface area contributed by atoms with Gasteiger partial charge in [-0.25, -0.2) is 4.79 Å². The molecule has 0 saturated carbocycles. The number of amides is 2. The predicted octanol–water partition coefficient (Wildman–Crippen LogP) is 5.12. The Morgan fingerprint density at radius 3 is 2.45 bits per heavy atom.